The Labute approximate surface area is 227 Å². The number of halogens is 5. The van der Waals surface area contributed by atoms with E-state index in [1.165, 1.54) is 18.2 Å². The summed E-state index contributed by atoms with van der Waals surface area (Å²) in [7, 11) is 0. The zero-order valence-corrected chi connectivity index (χ0v) is 21.4. The predicted octanol–water partition coefficient (Wildman–Crippen LogP) is 5.73. The van der Waals surface area contributed by atoms with Gasteiger partial charge < -0.3 is 20.0 Å². The second kappa shape index (κ2) is 11.3. The van der Waals surface area contributed by atoms with E-state index in [0.29, 0.717) is 37.3 Å². The minimum atomic E-state index is -4.74. The minimum Gasteiger partial charge on any atom is -0.463 e. The maximum absolute atomic E-state index is 14.0. The van der Waals surface area contributed by atoms with Gasteiger partial charge in [0.15, 0.2) is 0 Å². The van der Waals surface area contributed by atoms with Gasteiger partial charge in [0.05, 0.1) is 5.71 Å². The lowest BCUT2D eigenvalue weighted by Gasteiger charge is -2.38. The van der Waals surface area contributed by atoms with E-state index in [9.17, 15) is 23.1 Å². The SMILES string of the molecule is O=COCc1ccccc1.OC1(c2ccc(C3=NO[C@@](c4cc(Cl)cc(Cl)c4)(C(F)(F)F)C3)cc2)CNC1. The molecule has 1 saturated heterocycles. The number of carbonyl (C=O) groups excluding carboxylic acids is 1. The van der Waals surface area contributed by atoms with Crippen molar-refractivity contribution in [3.63, 3.8) is 0 Å². The van der Waals surface area contributed by atoms with Crippen molar-refractivity contribution < 1.29 is 32.6 Å². The summed E-state index contributed by atoms with van der Waals surface area (Å²) in [6, 6.07) is 19.9. The van der Waals surface area contributed by atoms with Gasteiger partial charge in [0, 0.05) is 35.1 Å². The van der Waals surface area contributed by atoms with Crippen molar-refractivity contribution in [1.29, 1.82) is 0 Å². The molecule has 3 aromatic rings. The van der Waals surface area contributed by atoms with Gasteiger partial charge in [-0.25, -0.2) is 0 Å². The molecule has 0 bridgehead atoms. The minimum absolute atomic E-state index is 0.0786. The largest absolute Gasteiger partial charge is 0.463 e. The number of ether oxygens (including phenoxy) is 1. The fraction of sp³-hybridized carbons (Fsp3) is 0.259. The van der Waals surface area contributed by atoms with Crippen LogP contribution in [0.5, 0.6) is 0 Å². The van der Waals surface area contributed by atoms with E-state index in [0.717, 1.165) is 5.56 Å². The number of hydrogen-bond acceptors (Lipinski definition) is 6. The van der Waals surface area contributed by atoms with Crippen LogP contribution >= 0.6 is 23.2 Å². The molecule has 1 atom stereocenters. The fourth-order valence-corrected chi connectivity index (χ4v) is 4.61. The average molecular weight is 567 g/mol. The normalized spacial score (nSPS) is 19.8. The van der Waals surface area contributed by atoms with Gasteiger partial charge in [0.1, 0.15) is 12.2 Å². The molecular weight excluding hydrogens is 544 g/mol. The van der Waals surface area contributed by atoms with Crippen molar-refractivity contribution in [1.82, 2.24) is 5.32 Å². The predicted molar refractivity (Wildman–Crippen MR) is 137 cm³/mol. The molecule has 0 amide bonds. The molecule has 0 spiro atoms. The number of carbonyl (C=O) groups is 1. The number of β-amino-alcohol motifs (C(OH)–C–C–N with tert-alkyl or cyclic N) is 1. The Balaban J connectivity index is 0.000000283. The van der Waals surface area contributed by atoms with Crippen molar-refractivity contribution in [2.24, 2.45) is 5.16 Å². The molecule has 0 unspecified atom stereocenters. The summed E-state index contributed by atoms with van der Waals surface area (Å²) < 4.78 is 46.5. The van der Waals surface area contributed by atoms with Gasteiger partial charge in [-0.2, -0.15) is 13.2 Å². The molecule has 0 radical (unpaired) electrons. The maximum Gasteiger partial charge on any atom is 0.435 e. The smallest absolute Gasteiger partial charge is 0.435 e. The summed E-state index contributed by atoms with van der Waals surface area (Å²) in [5.74, 6) is 0. The van der Waals surface area contributed by atoms with E-state index in [1.54, 1.807) is 24.3 Å². The van der Waals surface area contributed by atoms with Crippen LogP contribution in [0.3, 0.4) is 0 Å². The lowest BCUT2D eigenvalue weighted by molar-refractivity contribution is -0.275. The van der Waals surface area contributed by atoms with E-state index in [2.05, 4.69) is 15.2 Å². The van der Waals surface area contributed by atoms with Crippen molar-refractivity contribution >= 4 is 35.4 Å². The van der Waals surface area contributed by atoms with Crippen LogP contribution in [0.2, 0.25) is 10.0 Å². The molecule has 0 saturated carbocycles. The molecule has 0 aromatic heterocycles. The molecule has 2 N–H and O–H groups in total. The van der Waals surface area contributed by atoms with E-state index < -0.39 is 23.8 Å². The highest BCUT2D eigenvalue weighted by Gasteiger charge is 2.62. The first-order valence-corrected chi connectivity index (χ1v) is 12.2. The van der Waals surface area contributed by atoms with Crippen molar-refractivity contribution in [3.8, 4) is 0 Å². The third-order valence-corrected chi connectivity index (χ3v) is 6.70. The molecule has 2 heterocycles. The molecule has 200 valence electrons. The van der Waals surface area contributed by atoms with Crippen LogP contribution in [-0.4, -0.2) is 36.6 Å². The molecule has 6 nitrogen and oxygen atoms in total. The van der Waals surface area contributed by atoms with E-state index in [1.807, 2.05) is 30.3 Å². The van der Waals surface area contributed by atoms with Crippen LogP contribution in [0.15, 0.2) is 78.0 Å². The summed E-state index contributed by atoms with van der Waals surface area (Å²) in [4.78, 5) is 14.7. The number of nitrogens with one attached hydrogen (secondary N) is 1. The molecule has 0 aliphatic carbocycles. The highest BCUT2D eigenvalue weighted by atomic mass is 35.5. The number of alkyl halides is 3. The molecule has 1 fully saturated rings. The first-order valence-electron chi connectivity index (χ1n) is 11.5. The maximum atomic E-state index is 14.0. The molecular formula is C27H23Cl2F3N2O4. The third-order valence-electron chi connectivity index (χ3n) is 6.27. The van der Waals surface area contributed by atoms with Crippen LogP contribution in [0.1, 0.15) is 28.7 Å². The number of rotatable bonds is 6. The summed E-state index contributed by atoms with van der Waals surface area (Å²) in [5, 5.41) is 17.2. The van der Waals surface area contributed by atoms with Crippen LogP contribution < -0.4 is 5.32 Å². The molecule has 2 aliphatic heterocycles. The van der Waals surface area contributed by atoms with Gasteiger partial charge in [0.25, 0.3) is 12.1 Å². The highest BCUT2D eigenvalue weighted by Crippen LogP contribution is 2.49. The zero-order chi connectivity index (χ0) is 27.4. The van der Waals surface area contributed by atoms with E-state index >= 15 is 0 Å². The number of hydrogen-bond donors (Lipinski definition) is 2. The highest BCUT2D eigenvalue weighted by molar-refractivity contribution is 6.34. The lowest BCUT2D eigenvalue weighted by atomic mass is 9.85. The van der Waals surface area contributed by atoms with Gasteiger partial charge in [-0.15, -0.1) is 0 Å². The van der Waals surface area contributed by atoms with E-state index in [4.69, 9.17) is 28.0 Å². The Kier molecular flexibility index (Phi) is 8.32. The summed E-state index contributed by atoms with van der Waals surface area (Å²) in [5.41, 5.74) is -1.47. The third kappa shape index (κ3) is 5.96. The second-order valence-electron chi connectivity index (χ2n) is 8.89. The lowest BCUT2D eigenvalue weighted by Crippen LogP contribution is -2.56. The van der Waals surface area contributed by atoms with Crippen LogP contribution in [-0.2, 0) is 32.2 Å². The number of benzene rings is 3. The standard InChI is InChI=1S/C19H15Cl2F3N2O2.C8H8O2/c20-14-5-13(6-15(21)7-14)18(19(22,23)24)8-16(26-28-18)11-1-3-12(4-2-11)17(27)9-25-10-17;9-7-10-6-8-4-2-1-3-5-8/h1-7,25,27H,8-10H2;1-5,7H,6H2/t18-;/m0./s1. The summed E-state index contributed by atoms with van der Waals surface area (Å²) in [6.45, 7) is 1.68. The Morgan fingerprint density at radius 1 is 1.00 bits per heavy atom. The van der Waals surface area contributed by atoms with E-state index in [-0.39, 0.29) is 21.3 Å². The molecule has 3 aromatic carbocycles. The Morgan fingerprint density at radius 2 is 1.63 bits per heavy atom. The second-order valence-corrected chi connectivity index (χ2v) is 9.77. The Bertz CT molecular complexity index is 1280. The number of aliphatic hydroxyl groups is 1. The first kappa shape index (κ1) is 27.9. The quantitative estimate of drug-likeness (QED) is 0.373. The topological polar surface area (TPSA) is 80.2 Å². The van der Waals surface area contributed by atoms with Crippen molar-refractivity contribution in [2.45, 2.75) is 30.4 Å². The van der Waals surface area contributed by atoms with Crippen LogP contribution in [0, 0.1) is 0 Å². The van der Waals surface area contributed by atoms with Gasteiger partial charge >= 0.3 is 6.18 Å². The summed E-state index contributed by atoms with van der Waals surface area (Å²) >= 11 is 11.8. The zero-order valence-electron chi connectivity index (χ0n) is 19.8. The van der Waals surface area contributed by atoms with Gasteiger partial charge in [-0.1, -0.05) is 83.0 Å². The average Bonchev–Trinajstić information content (AvgIpc) is 3.34. The van der Waals surface area contributed by atoms with Crippen molar-refractivity contribution in [2.75, 3.05) is 13.1 Å². The Hall–Kier alpha value is -3.11. The Morgan fingerprint density at radius 3 is 2.16 bits per heavy atom. The molecule has 38 heavy (non-hydrogen) atoms. The summed E-state index contributed by atoms with van der Waals surface area (Å²) in [6.07, 6.45) is -5.25. The van der Waals surface area contributed by atoms with Gasteiger partial charge in [0.2, 0.25) is 0 Å². The molecule has 11 heteroatoms. The van der Waals surface area contributed by atoms with Crippen molar-refractivity contribution in [3.05, 3.63) is 105 Å². The molecule has 2 aliphatic rings. The first-order chi connectivity index (χ1) is 18.1. The monoisotopic (exact) mass is 566 g/mol. The van der Waals surface area contributed by atoms with Gasteiger partial charge in [-0.3, -0.25) is 4.79 Å². The van der Waals surface area contributed by atoms with Gasteiger partial charge in [-0.05, 0) is 34.9 Å². The van der Waals surface area contributed by atoms with Crippen LogP contribution in [0.4, 0.5) is 13.2 Å². The number of oxime groups is 1. The fourth-order valence-electron chi connectivity index (χ4n) is 4.09. The van der Waals surface area contributed by atoms with Crippen LogP contribution in [0.25, 0.3) is 0 Å². The number of nitrogens with zero attached hydrogens (tertiary/aromatic N) is 1. The molecule has 5 rings (SSSR count).